The van der Waals surface area contributed by atoms with Crippen LogP contribution in [0.15, 0.2) is 36.4 Å². The second-order valence-corrected chi connectivity index (χ2v) is 5.06. The van der Waals surface area contributed by atoms with E-state index in [9.17, 15) is 17.6 Å². The summed E-state index contributed by atoms with van der Waals surface area (Å²) in [6.45, 7) is -0.0800. The Morgan fingerprint density at radius 1 is 1.00 bits per heavy atom. The zero-order chi connectivity index (χ0) is 15.6. The number of benzene rings is 2. The molecule has 0 saturated carbocycles. The van der Waals surface area contributed by atoms with Crippen molar-refractivity contribution in [1.29, 1.82) is 0 Å². The van der Waals surface area contributed by atoms with Crippen LogP contribution in [0.2, 0.25) is 10.0 Å². The molecule has 7 heteroatoms. The molecule has 0 saturated heterocycles. The summed E-state index contributed by atoms with van der Waals surface area (Å²) in [6, 6.07) is 7.13. The summed E-state index contributed by atoms with van der Waals surface area (Å²) in [7, 11) is 0. The molecule has 1 nitrogen and oxygen atoms in total. The first-order chi connectivity index (χ1) is 9.79. The quantitative estimate of drug-likeness (QED) is 0.701. The number of halogens is 6. The number of anilines is 1. The van der Waals surface area contributed by atoms with Gasteiger partial charge in [0.15, 0.2) is 0 Å². The van der Waals surface area contributed by atoms with Gasteiger partial charge >= 0.3 is 6.18 Å². The lowest BCUT2D eigenvalue weighted by atomic mass is 10.1. The van der Waals surface area contributed by atoms with Crippen LogP contribution in [0.1, 0.15) is 11.1 Å². The summed E-state index contributed by atoms with van der Waals surface area (Å²) in [4.78, 5) is 0. The van der Waals surface area contributed by atoms with Gasteiger partial charge in [0.25, 0.3) is 0 Å². The van der Waals surface area contributed by atoms with Crippen molar-refractivity contribution in [3.63, 3.8) is 0 Å². The van der Waals surface area contributed by atoms with Gasteiger partial charge in [-0.05, 0) is 35.9 Å². The first kappa shape index (κ1) is 15.9. The van der Waals surface area contributed by atoms with Crippen molar-refractivity contribution >= 4 is 28.9 Å². The normalized spacial score (nSPS) is 11.5. The number of hydrogen-bond donors (Lipinski definition) is 1. The molecule has 0 amide bonds. The van der Waals surface area contributed by atoms with E-state index >= 15 is 0 Å². The minimum atomic E-state index is -4.54. The Morgan fingerprint density at radius 3 is 2.38 bits per heavy atom. The third-order valence-corrected chi connectivity index (χ3v) is 3.47. The fourth-order valence-corrected chi connectivity index (χ4v) is 2.23. The fraction of sp³-hybridized carbons (Fsp3) is 0.143. The molecule has 0 aliphatic rings. The molecule has 0 aliphatic carbocycles. The van der Waals surface area contributed by atoms with Crippen LogP contribution in [0.25, 0.3) is 0 Å². The third kappa shape index (κ3) is 3.80. The highest BCUT2D eigenvalue weighted by Gasteiger charge is 2.34. The van der Waals surface area contributed by atoms with Crippen molar-refractivity contribution < 1.29 is 17.6 Å². The van der Waals surface area contributed by atoms with Crippen molar-refractivity contribution in [3.8, 4) is 0 Å². The van der Waals surface area contributed by atoms with Crippen molar-refractivity contribution in [2.45, 2.75) is 12.7 Å². The molecular formula is C14H9Cl2F4N. The monoisotopic (exact) mass is 337 g/mol. The van der Waals surface area contributed by atoms with Crippen LogP contribution in [0.4, 0.5) is 23.2 Å². The molecule has 1 N–H and O–H groups in total. The Hall–Kier alpha value is -1.46. The molecule has 0 spiro atoms. The van der Waals surface area contributed by atoms with Crippen molar-refractivity contribution in [3.05, 3.63) is 63.4 Å². The van der Waals surface area contributed by atoms with Crippen molar-refractivity contribution in [2.75, 3.05) is 5.32 Å². The fourth-order valence-electron chi connectivity index (χ4n) is 1.80. The van der Waals surface area contributed by atoms with E-state index < -0.39 is 17.6 Å². The predicted octanol–water partition coefficient (Wildman–Crippen LogP) is 5.76. The molecule has 0 unspecified atom stereocenters. The number of rotatable bonds is 3. The molecule has 0 aromatic heterocycles. The van der Waals surface area contributed by atoms with Crippen LogP contribution < -0.4 is 5.32 Å². The molecular weight excluding hydrogens is 329 g/mol. The summed E-state index contributed by atoms with van der Waals surface area (Å²) in [6.07, 6.45) is -4.54. The van der Waals surface area contributed by atoms with Crippen LogP contribution in [-0.2, 0) is 12.7 Å². The first-order valence-electron chi connectivity index (χ1n) is 5.82. The van der Waals surface area contributed by atoms with E-state index in [2.05, 4.69) is 5.32 Å². The van der Waals surface area contributed by atoms with Gasteiger partial charge in [-0.3, -0.25) is 0 Å². The van der Waals surface area contributed by atoms with Gasteiger partial charge < -0.3 is 5.32 Å². The Labute approximate surface area is 128 Å². The minimum absolute atomic E-state index is 0.0719. The van der Waals surface area contributed by atoms with Crippen LogP contribution >= 0.6 is 23.2 Å². The maximum atomic E-state index is 13.1. The summed E-state index contributed by atoms with van der Waals surface area (Å²) in [5.74, 6) is -0.522. The molecule has 0 bridgehead atoms. The summed E-state index contributed by atoms with van der Waals surface area (Å²) in [5, 5.41) is 2.75. The predicted molar refractivity (Wildman–Crippen MR) is 75.2 cm³/mol. The lowest BCUT2D eigenvalue weighted by molar-refractivity contribution is -0.136. The van der Waals surface area contributed by atoms with Gasteiger partial charge in [0.2, 0.25) is 0 Å². The largest absolute Gasteiger partial charge is 0.418 e. The van der Waals surface area contributed by atoms with Crippen LogP contribution in [0, 0.1) is 5.82 Å². The molecule has 2 aromatic carbocycles. The Bertz CT molecular complexity index is 656. The SMILES string of the molecule is Fc1ccc(Cl)c(CNc2c(Cl)cccc2C(F)(F)F)c1. The van der Waals surface area contributed by atoms with E-state index in [1.54, 1.807) is 0 Å². The van der Waals surface area contributed by atoms with Gasteiger partial charge in [-0.25, -0.2) is 4.39 Å². The van der Waals surface area contributed by atoms with Gasteiger partial charge in [0.1, 0.15) is 5.82 Å². The minimum Gasteiger partial charge on any atom is -0.379 e. The Balaban J connectivity index is 2.30. The topological polar surface area (TPSA) is 12.0 Å². The average molecular weight is 338 g/mol. The lowest BCUT2D eigenvalue weighted by Gasteiger charge is -2.16. The standard InChI is InChI=1S/C14H9Cl2F4N/c15-11-5-4-9(17)6-8(11)7-21-13-10(14(18,19)20)2-1-3-12(13)16/h1-6,21H,7H2. The molecule has 112 valence electrons. The van der Waals surface area contributed by atoms with E-state index in [4.69, 9.17) is 23.2 Å². The molecule has 21 heavy (non-hydrogen) atoms. The third-order valence-electron chi connectivity index (χ3n) is 2.78. The van der Waals surface area contributed by atoms with Gasteiger partial charge in [0, 0.05) is 11.6 Å². The molecule has 0 fully saturated rings. The Kier molecular flexibility index (Phi) is 4.64. The number of para-hydroxylation sites is 1. The van der Waals surface area contributed by atoms with Gasteiger partial charge in [-0.15, -0.1) is 0 Å². The number of hydrogen-bond acceptors (Lipinski definition) is 1. The van der Waals surface area contributed by atoms with E-state index in [1.807, 2.05) is 0 Å². The van der Waals surface area contributed by atoms with Gasteiger partial charge in [0.05, 0.1) is 16.3 Å². The average Bonchev–Trinajstić information content (AvgIpc) is 2.39. The zero-order valence-corrected chi connectivity index (χ0v) is 12.0. The van der Waals surface area contributed by atoms with Crippen molar-refractivity contribution in [2.24, 2.45) is 0 Å². The molecule has 0 radical (unpaired) electrons. The smallest absolute Gasteiger partial charge is 0.379 e. The molecule has 2 aromatic rings. The second kappa shape index (κ2) is 6.12. The lowest BCUT2D eigenvalue weighted by Crippen LogP contribution is -2.11. The Morgan fingerprint density at radius 2 is 1.71 bits per heavy atom. The maximum absolute atomic E-state index is 13.1. The molecule has 0 atom stereocenters. The zero-order valence-electron chi connectivity index (χ0n) is 10.4. The highest BCUT2D eigenvalue weighted by atomic mass is 35.5. The molecule has 2 rings (SSSR count). The van der Waals surface area contributed by atoms with Crippen molar-refractivity contribution in [1.82, 2.24) is 0 Å². The van der Waals surface area contributed by atoms with Crippen LogP contribution in [0.5, 0.6) is 0 Å². The van der Waals surface area contributed by atoms with Crippen LogP contribution in [0.3, 0.4) is 0 Å². The number of nitrogens with one attached hydrogen (secondary N) is 1. The van der Waals surface area contributed by atoms with Gasteiger partial charge in [-0.1, -0.05) is 29.3 Å². The molecule has 0 aliphatic heterocycles. The number of alkyl halides is 3. The van der Waals surface area contributed by atoms with Gasteiger partial charge in [-0.2, -0.15) is 13.2 Å². The summed E-state index contributed by atoms with van der Waals surface area (Å²) < 4.78 is 51.9. The van der Waals surface area contributed by atoms with E-state index in [0.717, 1.165) is 12.1 Å². The highest BCUT2D eigenvalue weighted by molar-refractivity contribution is 6.33. The summed E-state index contributed by atoms with van der Waals surface area (Å²) >= 11 is 11.7. The van der Waals surface area contributed by atoms with E-state index in [1.165, 1.54) is 24.3 Å². The maximum Gasteiger partial charge on any atom is 0.418 e. The summed E-state index contributed by atoms with van der Waals surface area (Å²) in [5.41, 5.74) is -0.806. The first-order valence-corrected chi connectivity index (χ1v) is 6.58. The molecule has 0 heterocycles. The van der Waals surface area contributed by atoms with E-state index in [0.29, 0.717) is 5.56 Å². The second-order valence-electron chi connectivity index (χ2n) is 4.25. The van der Waals surface area contributed by atoms with E-state index in [-0.39, 0.29) is 22.3 Å². The van der Waals surface area contributed by atoms with Crippen LogP contribution in [-0.4, -0.2) is 0 Å². The highest BCUT2D eigenvalue weighted by Crippen LogP contribution is 2.38.